The summed E-state index contributed by atoms with van der Waals surface area (Å²) in [7, 11) is 0. The molecule has 0 bridgehead atoms. The predicted octanol–water partition coefficient (Wildman–Crippen LogP) is 3.66. The molecule has 0 heterocycles. The molecule has 3 aromatic carbocycles. The maximum Gasteiger partial charge on any atom is 0.195 e. The summed E-state index contributed by atoms with van der Waals surface area (Å²) in [5.74, 6) is -0.282. The molecule has 1 aliphatic carbocycles. The van der Waals surface area contributed by atoms with Gasteiger partial charge in [0.1, 0.15) is 0 Å². The molecule has 0 fully saturated rings. The van der Waals surface area contributed by atoms with E-state index in [1.807, 2.05) is 42.5 Å². The van der Waals surface area contributed by atoms with Crippen LogP contribution in [0.25, 0.3) is 11.1 Å². The zero-order chi connectivity index (χ0) is 17.4. The molecule has 3 nitrogen and oxygen atoms in total. The first-order chi connectivity index (χ1) is 12.2. The molecule has 4 rings (SSSR count). The summed E-state index contributed by atoms with van der Waals surface area (Å²) in [6.45, 7) is -0.0607. The molecule has 0 aliphatic heterocycles. The minimum Gasteiger partial charge on any atom is -0.396 e. The molecule has 0 radical (unpaired) electrons. The Morgan fingerprint density at radius 3 is 1.96 bits per heavy atom. The zero-order valence-electron chi connectivity index (χ0n) is 13.5. The number of rotatable bonds is 3. The minimum absolute atomic E-state index is 0.0607. The fourth-order valence-corrected chi connectivity index (χ4v) is 3.50. The second kappa shape index (κ2) is 6.11. The van der Waals surface area contributed by atoms with Crippen molar-refractivity contribution < 1.29 is 14.7 Å². The van der Waals surface area contributed by atoms with Gasteiger partial charge in [-0.3, -0.25) is 9.59 Å². The molecule has 25 heavy (non-hydrogen) atoms. The van der Waals surface area contributed by atoms with Crippen molar-refractivity contribution in [2.75, 3.05) is 6.61 Å². The van der Waals surface area contributed by atoms with Gasteiger partial charge in [-0.05, 0) is 23.1 Å². The van der Waals surface area contributed by atoms with Gasteiger partial charge in [0.15, 0.2) is 11.6 Å². The summed E-state index contributed by atoms with van der Waals surface area (Å²) >= 11 is 0. The Labute approximate surface area is 145 Å². The highest BCUT2D eigenvalue weighted by molar-refractivity contribution is 6.30. The normalized spacial score (nSPS) is 12.7. The summed E-state index contributed by atoms with van der Waals surface area (Å²) in [5.41, 5.74) is 4.15. The maximum absolute atomic E-state index is 13.2. The Kier molecular flexibility index (Phi) is 3.79. The average Bonchev–Trinajstić information content (AvgIpc) is 2.66. The topological polar surface area (TPSA) is 54.4 Å². The van der Waals surface area contributed by atoms with Crippen LogP contribution in [0.1, 0.15) is 37.4 Å². The van der Waals surface area contributed by atoms with E-state index < -0.39 is 0 Å². The molecule has 3 heteroatoms. The number of carbonyl (C=O) groups excluding carboxylic acids is 2. The monoisotopic (exact) mass is 328 g/mol. The van der Waals surface area contributed by atoms with Gasteiger partial charge in [-0.2, -0.15) is 0 Å². The molecule has 0 amide bonds. The van der Waals surface area contributed by atoms with Gasteiger partial charge in [0, 0.05) is 28.9 Å². The molecule has 1 aliphatic rings. The first-order valence-corrected chi connectivity index (χ1v) is 8.23. The summed E-state index contributed by atoms with van der Waals surface area (Å²) in [6, 6.07) is 20.3. The van der Waals surface area contributed by atoms with Crippen molar-refractivity contribution in [1.29, 1.82) is 0 Å². The standard InChI is InChI=1S/C22H16O3/c23-13-12-15-8-4-10-17-19(15)21(24)18-11-5-9-16(20(18)22(17)25)14-6-2-1-3-7-14/h1-11,23H,12-13H2. The third-order valence-electron chi connectivity index (χ3n) is 4.62. The fourth-order valence-electron chi connectivity index (χ4n) is 3.50. The van der Waals surface area contributed by atoms with E-state index in [9.17, 15) is 14.7 Å². The number of benzene rings is 3. The number of hydrogen-bond donors (Lipinski definition) is 1. The third kappa shape index (κ3) is 2.41. The van der Waals surface area contributed by atoms with Crippen LogP contribution in [0.5, 0.6) is 0 Å². The second-order valence-electron chi connectivity index (χ2n) is 6.07. The molecule has 0 aromatic heterocycles. The maximum atomic E-state index is 13.2. The van der Waals surface area contributed by atoms with Crippen molar-refractivity contribution >= 4 is 11.6 Å². The van der Waals surface area contributed by atoms with Gasteiger partial charge in [-0.15, -0.1) is 0 Å². The van der Waals surface area contributed by atoms with Crippen molar-refractivity contribution in [3.05, 3.63) is 94.5 Å². The van der Waals surface area contributed by atoms with Crippen LogP contribution in [-0.2, 0) is 6.42 Å². The highest BCUT2D eigenvalue weighted by Crippen LogP contribution is 2.35. The summed E-state index contributed by atoms with van der Waals surface area (Å²) in [5, 5.41) is 9.27. The van der Waals surface area contributed by atoms with E-state index in [-0.39, 0.29) is 18.2 Å². The zero-order valence-corrected chi connectivity index (χ0v) is 13.5. The summed E-state index contributed by atoms with van der Waals surface area (Å²) in [6.07, 6.45) is 0.357. The molecule has 3 aromatic rings. The van der Waals surface area contributed by atoms with E-state index in [1.165, 1.54) is 0 Å². The number of hydrogen-bond acceptors (Lipinski definition) is 3. The smallest absolute Gasteiger partial charge is 0.195 e. The van der Waals surface area contributed by atoms with Crippen LogP contribution in [0.15, 0.2) is 66.7 Å². The quantitative estimate of drug-likeness (QED) is 0.624. The lowest BCUT2D eigenvalue weighted by Crippen LogP contribution is -2.23. The van der Waals surface area contributed by atoms with E-state index >= 15 is 0 Å². The molecular weight excluding hydrogens is 312 g/mol. The van der Waals surface area contributed by atoms with E-state index in [4.69, 9.17) is 0 Å². The Bertz CT molecular complexity index is 987. The van der Waals surface area contributed by atoms with Crippen LogP contribution in [0.3, 0.4) is 0 Å². The van der Waals surface area contributed by atoms with Gasteiger partial charge in [0.2, 0.25) is 0 Å². The molecule has 122 valence electrons. The van der Waals surface area contributed by atoms with Gasteiger partial charge < -0.3 is 5.11 Å². The number of aliphatic hydroxyl groups excluding tert-OH is 1. The molecular formula is C22H16O3. The molecule has 0 saturated heterocycles. The number of fused-ring (bicyclic) bond motifs is 2. The van der Waals surface area contributed by atoms with Crippen molar-refractivity contribution in [3.8, 4) is 11.1 Å². The van der Waals surface area contributed by atoms with Crippen molar-refractivity contribution in [2.45, 2.75) is 6.42 Å². The van der Waals surface area contributed by atoms with E-state index in [0.29, 0.717) is 34.2 Å². The van der Waals surface area contributed by atoms with Crippen LogP contribution < -0.4 is 0 Å². The SMILES string of the molecule is O=C1c2cccc(-c3ccccc3)c2C(=O)c2cccc(CCO)c21. The number of ketones is 2. The average molecular weight is 328 g/mol. The molecule has 1 N–H and O–H groups in total. The molecule has 0 unspecified atom stereocenters. The van der Waals surface area contributed by atoms with Crippen LogP contribution in [-0.4, -0.2) is 23.3 Å². The van der Waals surface area contributed by atoms with Gasteiger partial charge in [0.25, 0.3) is 0 Å². The first-order valence-electron chi connectivity index (χ1n) is 8.23. The van der Waals surface area contributed by atoms with E-state index in [2.05, 4.69) is 0 Å². The van der Waals surface area contributed by atoms with Gasteiger partial charge in [-0.25, -0.2) is 0 Å². The van der Waals surface area contributed by atoms with E-state index in [1.54, 1.807) is 24.3 Å². The molecule has 0 spiro atoms. The Morgan fingerprint density at radius 2 is 1.24 bits per heavy atom. The third-order valence-corrected chi connectivity index (χ3v) is 4.62. The van der Waals surface area contributed by atoms with Crippen LogP contribution in [0, 0.1) is 0 Å². The van der Waals surface area contributed by atoms with Gasteiger partial charge in [-0.1, -0.05) is 66.7 Å². The van der Waals surface area contributed by atoms with Gasteiger partial charge in [0.05, 0.1) is 0 Å². The van der Waals surface area contributed by atoms with Crippen LogP contribution in [0.4, 0.5) is 0 Å². The summed E-state index contributed by atoms with van der Waals surface area (Å²) in [4.78, 5) is 26.3. The second-order valence-corrected chi connectivity index (χ2v) is 6.07. The van der Waals surface area contributed by atoms with Crippen molar-refractivity contribution in [3.63, 3.8) is 0 Å². The highest BCUT2D eigenvalue weighted by Gasteiger charge is 2.33. The minimum atomic E-state index is -0.147. The Balaban J connectivity index is 1.97. The number of aliphatic hydroxyl groups is 1. The van der Waals surface area contributed by atoms with Crippen LogP contribution >= 0.6 is 0 Å². The lowest BCUT2D eigenvalue weighted by molar-refractivity contribution is 0.0978. The van der Waals surface area contributed by atoms with E-state index in [0.717, 1.165) is 11.1 Å². The first kappa shape index (κ1) is 15.5. The lowest BCUT2D eigenvalue weighted by Gasteiger charge is -2.22. The highest BCUT2D eigenvalue weighted by atomic mass is 16.3. The molecule has 0 saturated carbocycles. The Morgan fingerprint density at radius 1 is 0.640 bits per heavy atom. The largest absolute Gasteiger partial charge is 0.396 e. The van der Waals surface area contributed by atoms with Crippen molar-refractivity contribution in [2.24, 2.45) is 0 Å². The molecule has 0 atom stereocenters. The fraction of sp³-hybridized carbons (Fsp3) is 0.0909. The Hall–Kier alpha value is -3.04. The van der Waals surface area contributed by atoms with Crippen LogP contribution in [0.2, 0.25) is 0 Å². The number of carbonyl (C=O) groups is 2. The lowest BCUT2D eigenvalue weighted by atomic mass is 9.78. The van der Waals surface area contributed by atoms with Gasteiger partial charge >= 0.3 is 0 Å². The predicted molar refractivity (Wildman–Crippen MR) is 96.0 cm³/mol. The summed E-state index contributed by atoms with van der Waals surface area (Å²) < 4.78 is 0. The van der Waals surface area contributed by atoms with Crippen molar-refractivity contribution in [1.82, 2.24) is 0 Å².